The number of nitrogens with zero attached hydrogens (tertiary/aromatic N) is 1. The molecule has 0 saturated carbocycles. The van der Waals surface area contributed by atoms with Gasteiger partial charge < -0.3 is 10.6 Å². The molecule has 0 heterocycles. The molecule has 2 aromatic carbocycles. The molecule has 0 radical (unpaired) electrons. The smallest absolute Gasteiger partial charge is 0.146 e. The fourth-order valence-corrected chi connectivity index (χ4v) is 2.16. The van der Waals surface area contributed by atoms with Crippen LogP contribution in [0.15, 0.2) is 42.5 Å². The average molecular weight is 274 g/mol. The van der Waals surface area contributed by atoms with Gasteiger partial charge in [-0.25, -0.2) is 4.39 Å². The van der Waals surface area contributed by atoms with Crippen LogP contribution in [0.1, 0.15) is 11.1 Å². The van der Waals surface area contributed by atoms with Gasteiger partial charge in [0.1, 0.15) is 10.8 Å². The SMILES string of the molecule is Cc1ccc(N(C)c2ccccc2F)c(C(N)=S)c1. The van der Waals surface area contributed by atoms with E-state index in [-0.39, 0.29) is 5.82 Å². The molecule has 2 nitrogen and oxygen atoms in total. The summed E-state index contributed by atoms with van der Waals surface area (Å²) in [4.78, 5) is 2.06. The second kappa shape index (κ2) is 5.36. The normalized spacial score (nSPS) is 10.3. The summed E-state index contributed by atoms with van der Waals surface area (Å²) >= 11 is 5.07. The molecule has 2 rings (SSSR count). The number of hydrogen-bond donors (Lipinski definition) is 1. The first-order valence-electron chi connectivity index (χ1n) is 5.89. The minimum Gasteiger partial charge on any atom is -0.389 e. The molecule has 0 spiro atoms. The summed E-state index contributed by atoms with van der Waals surface area (Å²) < 4.78 is 13.8. The molecule has 2 N–H and O–H groups in total. The molecule has 19 heavy (non-hydrogen) atoms. The van der Waals surface area contributed by atoms with Crippen molar-refractivity contribution in [2.45, 2.75) is 6.92 Å². The molecule has 0 aromatic heterocycles. The van der Waals surface area contributed by atoms with Crippen molar-refractivity contribution >= 4 is 28.6 Å². The molecular weight excluding hydrogens is 259 g/mol. The Bertz CT molecular complexity index is 625. The maximum atomic E-state index is 13.8. The first-order chi connectivity index (χ1) is 9.00. The number of nitrogens with two attached hydrogens (primary N) is 1. The monoisotopic (exact) mass is 274 g/mol. The quantitative estimate of drug-likeness (QED) is 0.868. The van der Waals surface area contributed by atoms with E-state index >= 15 is 0 Å². The van der Waals surface area contributed by atoms with Crippen LogP contribution in [0.2, 0.25) is 0 Å². The zero-order chi connectivity index (χ0) is 14.0. The van der Waals surface area contributed by atoms with Crippen molar-refractivity contribution in [3.05, 3.63) is 59.4 Å². The maximum absolute atomic E-state index is 13.8. The Hall–Kier alpha value is -1.94. The second-order valence-electron chi connectivity index (χ2n) is 4.40. The number of hydrogen-bond acceptors (Lipinski definition) is 2. The van der Waals surface area contributed by atoms with Crippen molar-refractivity contribution in [1.82, 2.24) is 0 Å². The van der Waals surface area contributed by atoms with Gasteiger partial charge in [0.25, 0.3) is 0 Å². The van der Waals surface area contributed by atoms with Gasteiger partial charge in [-0.1, -0.05) is 36.0 Å². The zero-order valence-electron chi connectivity index (χ0n) is 10.9. The topological polar surface area (TPSA) is 29.3 Å². The number of anilines is 2. The van der Waals surface area contributed by atoms with Crippen molar-refractivity contribution < 1.29 is 4.39 Å². The highest BCUT2D eigenvalue weighted by Crippen LogP contribution is 2.29. The molecule has 2 aromatic rings. The van der Waals surface area contributed by atoms with Crippen LogP contribution in [0.3, 0.4) is 0 Å². The molecule has 0 aliphatic rings. The minimum atomic E-state index is -0.278. The number of para-hydroxylation sites is 1. The number of rotatable bonds is 3. The van der Waals surface area contributed by atoms with Crippen molar-refractivity contribution in [2.75, 3.05) is 11.9 Å². The summed E-state index contributed by atoms with van der Waals surface area (Å²) in [6.45, 7) is 1.97. The zero-order valence-corrected chi connectivity index (χ0v) is 11.7. The minimum absolute atomic E-state index is 0.278. The molecule has 0 aliphatic carbocycles. The first kappa shape index (κ1) is 13.5. The molecule has 0 bridgehead atoms. The van der Waals surface area contributed by atoms with E-state index in [1.165, 1.54) is 6.07 Å². The summed E-state index contributed by atoms with van der Waals surface area (Å²) in [6.07, 6.45) is 0. The van der Waals surface area contributed by atoms with Crippen LogP contribution < -0.4 is 10.6 Å². The molecule has 98 valence electrons. The number of thiocarbonyl (C=S) groups is 1. The predicted octanol–water partition coefficient (Wildman–Crippen LogP) is 3.54. The Labute approximate surface area is 117 Å². The number of benzene rings is 2. The van der Waals surface area contributed by atoms with E-state index in [0.29, 0.717) is 10.7 Å². The first-order valence-corrected chi connectivity index (χ1v) is 6.30. The number of aryl methyl sites for hydroxylation is 1. The van der Waals surface area contributed by atoms with Crippen LogP contribution >= 0.6 is 12.2 Å². The lowest BCUT2D eigenvalue weighted by molar-refractivity contribution is 0.627. The van der Waals surface area contributed by atoms with Crippen molar-refractivity contribution in [3.8, 4) is 0 Å². The Morgan fingerprint density at radius 1 is 1.16 bits per heavy atom. The largest absolute Gasteiger partial charge is 0.389 e. The second-order valence-corrected chi connectivity index (χ2v) is 4.84. The van der Waals surface area contributed by atoms with Crippen LogP contribution in [0.4, 0.5) is 15.8 Å². The van der Waals surface area contributed by atoms with E-state index in [0.717, 1.165) is 16.8 Å². The lowest BCUT2D eigenvalue weighted by Gasteiger charge is -2.23. The number of halogens is 1. The van der Waals surface area contributed by atoms with Crippen LogP contribution in [-0.2, 0) is 0 Å². The van der Waals surface area contributed by atoms with E-state index in [1.807, 2.05) is 25.1 Å². The van der Waals surface area contributed by atoms with E-state index in [2.05, 4.69) is 0 Å². The van der Waals surface area contributed by atoms with Gasteiger partial charge in [0, 0.05) is 12.6 Å². The third-order valence-corrected chi connectivity index (χ3v) is 3.21. The Morgan fingerprint density at radius 2 is 1.84 bits per heavy atom. The maximum Gasteiger partial charge on any atom is 0.146 e. The van der Waals surface area contributed by atoms with Crippen LogP contribution in [0.5, 0.6) is 0 Å². The standard InChI is InChI=1S/C15H15FN2S/c1-10-7-8-13(11(9-10)15(17)19)18(2)14-6-4-3-5-12(14)16/h3-9H,1-2H3,(H2,17,19). The highest BCUT2D eigenvalue weighted by atomic mass is 32.1. The van der Waals surface area contributed by atoms with Crippen LogP contribution in [0, 0.1) is 12.7 Å². The Kier molecular flexibility index (Phi) is 3.81. The van der Waals surface area contributed by atoms with E-state index in [4.69, 9.17) is 18.0 Å². The molecule has 0 aliphatic heterocycles. The Morgan fingerprint density at radius 3 is 2.47 bits per heavy atom. The fourth-order valence-electron chi connectivity index (χ4n) is 1.99. The van der Waals surface area contributed by atoms with Gasteiger partial charge in [-0.3, -0.25) is 0 Å². The molecule has 0 atom stereocenters. The van der Waals surface area contributed by atoms with Gasteiger partial charge in [0.2, 0.25) is 0 Å². The van der Waals surface area contributed by atoms with E-state index in [9.17, 15) is 4.39 Å². The summed E-state index contributed by atoms with van der Waals surface area (Å²) in [5.74, 6) is -0.278. The van der Waals surface area contributed by atoms with Gasteiger partial charge in [-0.2, -0.15) is 0 Å². The van der Waals surface area contributed by atoms with Gasteiger partial charge >= 0.3 is 0 Å². The predicted molar refractivity (Wildman–Crippen MR) is 81.5 cm³/mol. The van der Waals surface area contributed by atoms with Crippen molar-refractivity contribution in [2.24, 2.45) is 5.73 Å². The van der Waals surface area contributed by atoms with Crippen molar-refractivity contribution in [3.63, 3.8) is 0 Å². The lowest BCUT2D eigenvalue weighted by Crippen LogP contribution is -2.18. The van der Waals surface area contributed by atoms with Crippen LogP contribution in [-0.4, -0.2) is 12.0 Å². The molecule has 0 fully saturated rings. The molecule has 0 saturated heterocycles. The highest BCUT2D eigenvalue weighted by Gasteiger charge is 2.14. The highest BCUT2D eigenvalue weighted by molar-refractivity contribution is 7.80. The fraction of sp³-hybridized carbons (Fsp3) is 0.133. The molecule has 0 unspecified atom stereocenters. The van der Waals surface area contributed by atoms with Gasteiger partial charge in [-0.15, -0.1) is 0 Å². The average Bonchev–Trinajstić information content (AvgIpc) is 2.38. The van der Waals surface area contributed by atoms with Gasteiger partial charge in [0.05, 0.1) is 11.4 Å². The van der Waals surface area contributed by atoms with Gasteiger partial charge in [-0.05, 0) is 31.2 Å². The van der Waals surface area contributed by atoms with Crippen LogP contribution in [0.25, 0.3) is 0 Å². The van der Waals surface area contributed by atoms with Crippen molar-refractivity contribution in [1.29, 1.82) is 0 Å². The summed E-state index contributed by atoms with van der Waals surface area (Å²) in [7, 11) is 1.80. The lowest BCUT2D eigenvalue weighted by atomic mass is 10.1. The van der Waals surface area contributed by atoms with Gasteiger partial charge in [0.15, 0.2) is 0 Å². The molecular formula is C15H15FN2S. The molecule has 0 amide bonds. The third kappa shape index (κ3) is 2.74. The summed E-state index contributed by atoms with van der Waals surface area (Å²) in [5.41, 5.74) is 8.85. The summed E-state index contributed by atoms with van der Waals surface area (Å²) in [5, 5.41) is 0. The third-order valence-electron chi connectivity index (χ3n) is 2.99. The molecule has 4 heteroatoms. The summed E-state index contributed by atoms with van der Waals surface area (Å²) in [6, 6.07) is 12.4. The van der Waals surface area contributed by atoms with E-state index < -0.39 is 0 Å². The van der Waals surface area contributed by atoms with E-state index in [1.54, 1.807) is 30.1 Å². The Balaban J connectivity index is 2.53.